The van der Waals surface area contributed by atoms with Crippen LogP contribution in [0.25, 0.3) is 0 Å². The molecule has 0 aromatic heterocycles. The van der Waals surface area contributed by atoms with Crippen molar-refractivity contribution in [2.24, 2.45) is 5.92 Å². The summed E-state index contributed by atoms with van der Waals surface area (Å²) in [7, 11) is 0. The number of aliphatic hydroxyl groups is 1. The summed E-state index contributed by atoms with van der Waals surface area (Å²) < 4.78 is 5.48. The highest BCUT2D eigenvalue weighted by atomic mass is 35.5. The van der Waals surface area contributed by atoms with Crippen molar-refractivity contribution in [3.63, 3.8) is 0 Å². The lowest BCUT2D eigenvalue weighted by atomic mass is 9.91. The molecule has 6 heteroatoms. The molecule has 1 atom stereocenters. The molecule has 1 aliphatic rings. The number of anilines is 1. The first-order valence-corrected chi connectivity index (χ1v) is 9.52. The van der Waals surface area contributed by atoms with Gasteiger partial charge in [0.2, 0.25) is 0 Å². The summed E-state index contributed by atoms with van der Waals surface area (Å²) in [6.45, 7) is 5.92. The Morgan fingerprint density at radius 1 is 1.14 bits per heavy atom. The van der Waals surface area contributed by atoms with Gasteiger partial charge in [-0.25, -0.2) is 0 Å². The molecule has 146 valence electrons. The number of ether oxygens (including phenoxy) is 1. The number of carbonyl (C=O) groups excluding carboxylic acids is 2. The number of Topliss-reactive ketones (excluding diaryl/α,β-unsaturated/α-hetero) is 1. The van der Waals surface area contributed by atoms with Crippen LogP contribution in [0.3, 0.4) is 0 Å². The largest absolute Gasteiger partial charge is 0.503 e. The fraction of sp³-hybridized carbons (Fsp3) is 0.273. The van der Waals surface area contributed by atoms with Crippen LogP contribution in [0.2, 0.25) is 5.02 Å². The van der Waals surface area contributed by atoms with Crippen molar-refractivity contribution < 1.29 is 19.4 Å². The van der Waals surface area contributed by atoms with Gasteiger partial charge in [-0.2, -0.15) is 0 Å². The van der Waals surface area contributed by atoms with Crippen LogP contribution in [0.5, 0.6) is 5.75 Å². The van der Waals surface area contributed by atoms with E-state index in [0.29, 0.717) is 28.6 Å². The van der Waals surface area contributed by atoms with Crippen LogP contribution in [0.4, 0.5) is 5.69 Å². The Balaban J connectivity index is 2.12. The van der Waals surface area contributed by atoms with Crippen LogP contribution in [0.15, 0.2) is 59.9 Å². The normalized spacial score (nSPS) is 16.8. The Morgan fingerprint density at radius 2 is 1.75 bits per heavy atom. The second-order valence-electron chi connectivity index (χ2n) is 6.84. The van der Waals surface area contributed by atoms with Crippen molar-refractivity contribution in [2.75, 3.05) is 11.5 Å². The van der Waals surface area contributed by atoms with E-state index < -0.39 is 17.7 Å². The molecule has 5 nitrogen and oxygen atoms in total. The van der Waals surface area contributed by atoms with E-state index in [1.165, 1.54) is 4.90 Å². The molecule has 3 rings (SSSR count). The van der Waals surface area contributed by atoms with Gasteiger partial charge < -0.3 is 9.84 Å². The van der Waals surface area contributed by atoms with E-state index in [0.717, 1.165) is 0 Å². The topological polar surface area (TPSA) is 66.8 Å². The smallest absolute Gasteiger partial charge is 0.294 e. The highest BCUT2D eigenvalue weighted by Gasteiger charge is 2.44. The quantitative estimate of drug-likeness (QED) is 0.752. The van der Waals surface area contributed by atoms with E-state index in [1.54, 1.807) is 62.4 Å². The first-order chi connectivity index (χ1) is 13.3. The van der Waals surface area contributed by atoms with Crippen molar-refractivity contribution in [3.8, 4) is 5.75 Å². The maximum Gasteiger partial charge on any atom is 0.294 e. The number of ketones is 1. The van der Waals surface area contributed by atoms with Crippen LogP contribution in [-0.2, 0) is 9.59 Å². The summed E-state index contributed by atoms with van der Waals surface area (Å²) in [5.74, 6) is -1.04. The van der Waals surface area contributed by atoms with Crippen LogP contribution >= 0.6 is 11.6 Å². The SMILES string of the molecule is CCOc1ccc(C2C(C(=O)C(C)C)=C(O)C(=O)N2c2ccc(Cl)cc2)cc1. The first-order valence-electron chi connectivity index (χ1n) is 9.14. The standard InChI is InChI=1S/C22H22ClNO4/c1-4-28-17-11-5-14(6-12-17)19-18(20(25)13(2)3)21(26)22(27)24(19)16-9-7-15(23)8-10-16/h5-13,19,26H,4H2,1-3H3. The van der Waals surface area contributed by atoms with Gasteiger partial charge in [0.1, 0.15) is 5.75 Å². The molecule has 0 bridgehead atoms. The highest BCUT2D eigenvalue weighted by Crippen LogP contribution is 2.42. The van der Waals surface area contributed by atoms with Gasteiger partial charge in [-0.05, 0) is 48.9 Å². The molecule has 1 amide bonds. The lowest BCUT2D eigenvalue weighted by molar-refractivity contribution is -0.119. The van der Waals surface area contributed by atoms with E-state index in [-0.39, 0.29) is 17.3 Å². The van der Waals surface area contributed by atoms with Gasteiger partial charge in [-0.15, -0.1) is 0 Å². The van der Waals surface area contributed by atoms with Crippen LogP contribution in [0, 0.1) is 5.92 Å². The minimum absolute atomic E-state index is 0.110. The summed E-state index contributed by atoms with van der Waals surface area (Å²) in [5, 5.41) is 11.1. The Morgan fingerprint density at radius 3 is 2.29 bits per heavy atom. The molecule has 2 aromatic carbocycles. The fourth-order valence-electron chi connectivity index (χ4n) is 3.26. The van der Waals surface area contributed by atoms with Gasteiger partial charge in [0.05, 0.1) is 18.2 Å². The summed E-state index contributed by atoms with van der Waals surface area (Å²) in [6.07, 6.45) is 0. The fourth-order valence-corrected chi connectivity index (χ4v) is 3.39. The zero-order valence-electron chi connectivity index (χ0n) is 16.0. The molecular weight excluding hydrogens is 378 g/mol. The second-order valence-corrected chi connectivity index (χ2v) is 7.27. The van der Waals surface area contributed by atoms with Gasteiger partial charge in [-0.3, -0.25) is 14.5 Å². The van der Waals surface area contributed by atoms with E-state index in [4.69, 9.17) is 16.3 Å². The summed E-state index contributed by atoms with van der Waals surface area (Å²) in [5.41, 5.74) is 1.37. The number of aliphatic hydroxyl groups excluding tert-OH is 1. The number of carbonyl (C=O) groups is 2. The van der Waals surface area contributed by atoms with Crippen LogP contribution in [-0.4, -0.2) is 23.4 Å². The lowest BCUT2D eigenvalue weighted by Gasteiger charge is -2.27. The molecule has 0 aliphatic carbocycles. The molecule has 0 radical (unpaired) electrons. The summed E-state index contributed by atoms with van der Waals surface area (Å²) in [6, 6.07) is 13.2. The van der Waals surface area contributed by atoms with Gasteiger partial charge in [-0.1, -0.05) is 37.6 Å². The molecule has 28 heavy (non-hydrogen) atoms. The Kier molecular flexibility index (Phi) is 5.75. The Bertz CT molecular complexity index is 917. The van der Waals surface area contributed by atoms with Crippen molar-refractivity contribution in [1.82, 2.24) is 0 Å². The maximum absolute atomic E-state index is 12.9. The summed E-state index contributed by atoms with van der Waals surface area (Å²) in [4.78, 5) is 27.2. The van der Waals surface area contributed by atoms with Crippen LogP contribution in [0.1, 0.15) is 32.4 Å². The monoisotopic (exact) mass is 399 g/mol. The second kappa shape index (κ2) is 8.07. The molecule has 0 saturated carbocycles. The molecule has 2 aromatic rings. The molecule has 0 spiro atoms. The average molecular weight is 400 g/mol. The zero-order valence-corrected chi connectivity index (χ0v) is 16.7. The number of rotatable bonds is 6. The predicted molar refractivity (Wildman–Crippen MR) is 109 cm³/mol. The third-order valence-electron chi connectivity index (χ3n) is 4.61. The van der Waals surface area contributed by atoms with E-state index in [1.807, 2.05) is 6.92 Å². The number of halogens is 1. The van der Waals surface area contributed by atoms with Gasteiger partial charge in [0.15, 0.2) is 11.5 Å². The molecule has 1 aliphatic heterocycles. The average Bonchev–Trinajstić information content (AvgIpc) is 2.94. The van der Waals surface area contributed by atoms with Crippen molar-refractivity contribution in [1.29, 1.82) is 0 Å². The van der Waals surface area contributed by atoms with Gasteiger partial charge in [0, 0.05) is 16.6 Å². The minimum atomic E-state index is -0.723. The minimum Gasteiger partial charge on any atom is -0.503 e. The molecule has 0 saturated heterocycles. The van der Waals surface area contributed by atoms with Crippen molar-refractivity contribution in [3.05, 3.63) is 70.4 Å². The zero-order chi connectivity index (χ0) is 20.4. The van der Waals surface area contributed by atoms with E-state index in [2.05, 4.69) is 0 Å². The van der Waals surface area contributed by atoms with Crippen molar-refractivity contribution in [2.45, 2.75) is 26.8 Å². The molecule has 1 heterocycles. The predicted octanol–water partition coefficient (Wildman–Crippen LogP) is 4.86. The maximum atomic E-state index is 12.9. The third kappa shape index (κ3) is 3.62. The first kappa shape index (κ1) is 20.0. The molecule has 1 N–H and O–H groups in total. The molecule has 0 fully saturated rings. The number of benzene rings is 2. The lowest BCUT2D eigenvalue weighted by Crippen LogP contribution is -2.31. The third-order valence-corrected chi connectivity index (χ3v) is 4.86. The van der Waals surface area contributed by atoms with Gasteiger partial charge >= 0.3 is 0 Å². The van der Waals surface area contributed by atoms with Crippen molar-refractivity contribution >= 4 is 29.0 Å². The Labute approximate surface area is 169 Å². The van der Waals surface area contributed by atoms with Crippen LogP contribution < -0.4 is 9.64 Å². The van der Waals surface area contributed by atoms with E-state index in [9.17, 15) is 14.7 Å². The number of hydrogen-bond acceptors (Lipinski definition) is 4. The van der Waals surface area contributed by atoms with Gasteiger partial charge in [0.25, 0.3) is 5.91 Å². The summed E-state index contributed by atoms with van der Waals surface area (Å²) >= 11 is 5.97. The number of hydrogen-bond donors (Lipinski definition) is 1. The highest BCUT2D eigenvalue weighted by molar-refractivity contribution is 6.30. The molecule has 1 unspecified atom stereocenters. The number of nitrogens with zero attached hydrogens (tertiary/aromatic N) is 1. The number of amides is 1. The molecular formula is C22H22ClNO4. The Hall–Kier alpha value is -2.79. The van der Waals surface area contributed by atoms with E-state index >= 15 is 0 Å².